The molecule has 222 valence electrons. The van der Waals surface area contributed by atoms with Crippen molar-refractivity contribution in [1.29, 1.82) is 0 Å². The van der Waals surface area contributed by atoms with Crippen molar-refractivity contribution < 1.29 is 19.3 Å². The van der Waals surface area contributed by atoms with E-state index in [1.54, 1.807) is 18.0 Å². The number of allylic oxidation sites excluding steroid dienone is 1. The fourth-order valence-electron chi connectivity index (χ4n) is 4.83. The lowest BCUT2D eigenvalue weighted by Crippen LogP contribution is -2.43. The number of aryl methyl sites for hydroxylation is 2. The van der Waals surface area contributed by atoms with E-state index in [1.165, 1.54) is 0 Å². The highest BCUT2D eigenvalue weighted by molar-refractivity contribution is 6.05. The first-order chi connectivity index (χ1) is 19.6. The normalized spacial score (nSPS) is 22.2. The summed E-state index contributed by atoms with van der Waals surface area (Å²) in [6, 6.07) is -0.378. The van der Waals surface area contributed by atoms with E-state index in [2.05, 4.69) is 16.8 Å². The van der Waals surface area contributed by atoms with Crippen LogP contribution in [0.2, 0.25) is 0 Å². The van der Waals surface area contributed by atoms with E-state index < -0.39 is 0 Å². The molecule has 0 saturated carbocycles. The second kappa shape index (κ2) is 12.8. The van der Waals surface area contributed by atoms with Crippen molar-refractivity contribution in [3.63, 3.8) is 0 Å². The minimum Gasteiger partial charge on any atom is -0.479 e. The zero-order valence-corrected chi connectivity index (χ0v) is 25.2. The zero-order chi connectivity index (χ0) is 29.8. The van der Waals surface area contributed by atoms with Gasteiger partial charge in [0.1, 0.15) is 17.6 Å². The quantitative estimate of drug-likeness (QED) is 0.431. The van der Waals surface area contributed by atoms with E-state index in [0.29, 0.717) is 48.4 Å². The molecule has 0 spiro atoms. The number of nitrogens with zero attached hydrogens (tertiary/aromatic N) is 7. The number of imidazole rings is 1. The van der Waals surface area contributed by atoms with Gasteiger partial charge >= 0.3 is 0 Å². The number of aliphatic imine (C=N–C) groups is 1. The summed E-state index contributed by atoms with van der Waals surface area (Å²) in [6.45, 7) is 10.9. The molecule has 41 heavy (non-hydrogen) atoms. The van der Waals surface area contributed by atoms with Crippen molar-refractivity contribution in [1.82, 2.24) is 29.0 Å². The summed E-state index contributed by atoms with van der Waals surface area (Å²) < 4.78 is 21.6. The molecular weight excluding hydrogens is 524 g/mol. The number of aromatic nitrogens is 5. The summed E-state index contributed by atoms with van der Waals surface area (Å²) in [7, 11) is 5.51. The molecule has 12 heteroatoms. The Balaban J connectivity index is 2.01. The van der Waals surface area contributed by atoms with E-state index in [-0.39, 0.29) is 30.7 Å². The monoisotopic (exact) mass is 566 g/mol. The molecule has 3 N–H and O–H groups in total. The molecule has 3 atom stereocenters. The minimum absolute atomic E-state index is 0.0467. The highest BCUT2D eigenvalue weighted by Gasteiger charge is 2.28. The molecule has 1 aliphatic heterocycles. The van der Waals surface area contributed by atoms with Crippen LogP contribution in [0.3, 0.4) is 0 Å². The zero-order valence-electron chi connectivity index (χ0n) is 25.2. The fourth-order valence-corrected chi connectivity index (χ4v) is 4.83. The Morgan fingerprint density at radius 2 is 2.05 bits per heavy atom. The second-order valence-corrected chi connectivity index (χ2v) is 10.4. The van der Waals surface area contributed by atoms with Crippen molar-refractivity contribution in [2.75, 3.05) is 33.9 Å². The SMILES string of the molecule is CCO/C(N)=C1\C=C\c2ncc3c(C)nc(cn23)-c2c(COC)nn(C)c2OC(C)C(C)N(C)CC1=NC(C)CO. The van der Waals surface area contributed by atoms with Gasteiger partial charge in [-0.15, -0.1) is 0 Å². The first kappa shape index (κ1) is 30.2. The maximum Gasteiger partial charge on any atom is 0.221 e. The molecule has 1 aliphatic rings. The second-order valence-electron chi connectivity index (χ2n) is 10.4. The van der Waals surface area contributed by atoms with Crippen LogP contribution >= 0.6 is 0 Å². The number of hydrogen-bond donors (Lipinski definition) is 2. The number of aliphatic hydroxyl groups excluding tert-OH is 1. The lowest BCUT2D eigenvalue weighted by Gasteiger charge is -2.31. The third kappa shape index (κ3) is 6.29. The smallest absolute Gasteiger partial charge is 0.221 e. The van der Waals surface area contributed by atoms with E-state index in [0.717, 1.165) is 22.5 Å². The maximum absolute atomic E-state index is 9.82. The Labute approximate surface area is 241 Å². The van der Waals surface area contributed by atoms with Gasteiger partial charge in [-0.25, -0.2) is 14.6 Å². The molecule has 3 aromatic heterocycles. The molecule has 0 aliphatic carbocycles. The Morgan fingerprint density at radius 1 is 1.29 bits per heavy atom. The Kier molecular flexibility index (Phi) is 9.46. The molecule has 4 heterocycles. The van der Waals surface area contributed by atoms with Crippen LogP contribution in [0.15, 0.2) is 34.9 Å². The summed E-state index contributed by atoms with van der Waals surface area (Å²) in [4.78, 5) is 16.6. The number of hydrogen-bond acceptors (Lipinski definition) is 10. The van der Waals surface area contributed by atoms with Gasteiger partial charge in [-0.1, -0.05) is 0 Å². The lowest BCUT2D eigenvalue weighted by molar-refractivity contribution is 0.107. The minimum atomic E-state index is -0.331. The van der Waals surface area contributed by atoms with Crippen LogP contribution in [0.1, 0.15) is 44.9 Å². The van der Waals surface area contributed by atoms with Gasteiger partial charge in [0.25, 0.3) is 0 Å². The van der Waals surface area contributed by atoms with Gasteiger partial charge < -0.3 is 25.1 Å². The highest BCUT2D eigenvalue weighted by Crippen LogP contribution is 2.35. The summed E-state index contributed by atoms with van der Waals surface area (Å²) in [5.74, 6) is 1.53. The van der Waals surface area contributed by atoms with Crippen molar-refractivity contribution in [3.05, 3.63) is 47.1 Å². The van der Waals surface area contributed by atoms with Gasteiger partial charge in [0, 0.05) is 32.9 Å². The van der Waals surface area contributed by atoms with Gasteiger partial charge in [0.05, 0.1) is 65.8 Å². The molecule has 3 aromatic rings. The summed E-state index contributed by atoms with van der Waals surface area (Å²) in [5.41, 5.74) is 11.7. The van der Waals surface area contributed by atoms with Crippen molar-refractivity contribution in [3.8, 4) is 17.1 Å². The maximum atomic E-state index is 9.82. The third-order valence-electron chi connectivity index (χ3n) is 7.33. The van der Waals surface area contributed by atoms with Crippen molar-refractivity contribution in [2.24, 2.45) is 17.8 Å². The number of aliphatic hydroxyl groups is 1. The van der Waals surface area contributed by atoms with Crippen molar-refractivity contribution in [2.45, 2.75) is 59.4 Å². The number of methoxy groups -OCH3 is 1. The topological polar surface area (TPSA) is 138 Å². The fraction of sp³-hybridized carbons (Fsp3) is 0.517. The van der Waals surface area contributed by atoms with Crippen LogP contribution in [-0.4, -0.2) is 92.0 Å². The molecule has 0 amide bonds. The number of fused-ring (bicyclic) bond motifs is 3. The Hall–Kier alpha value is -3.74. The van der Waals surface area contributed by atoms with Crippen molar-refractivity contribution >= 4 is 17.3 Å². The molecule has 0 fully saturated rings. The van der Waals surface area contributed by atoms with Crippen LogP contribution in [-0.2, 0) is 23.1 Å². The largest absolute Gasteiger partial charge is 0.479 e. The lowest BCUT2D eigenvalue weighted by atomic mass is 10.1. The number of nitrogens with two attached hydrogens (primary N) is 1. The summed E-state index contributed by atoms with van der Waals surface area (Å²) >= 11 is 0. The first-order valence-electron chi connectivity index (χ1n) is 13.8. The molecule has 0 saturated heterocycles. The van der Waals surface area contributed by atoms with Crippen LogP contribution in [0, 0.1) is 6.92 Å². The predicted molar refractivity (Wildman–Crippen MR) is 159 cm³/mol. The predicted octanol–water partition coefficient (Wildman–Crippen LogP) is 2.73. The molecule has 0 aromatic carbocycles. The standard InChI is InChI=1S/C29H42N8O4/c1-9-40-28(30)21-10-11-26-31-12-25-18(3)33-23(14-37(25)26)27-24(16-39-8)34-36(7)29(27)41-20(5)19(4)35(6)13-22(21)32-17(2)15-38/h10-12,14,17,19-20,38H,9,13,15-16,30H2,1-8H3/b11-10+,28-21+,32-22?. The summed E-state index contributed by atoms with van der Waals surface area (Å²) in [6.07, 6.45) is 7.25. The van der Waals surface area contributed by atoms with E-state index in [9.17, 15) is 5.11 Å². The van der Waals surface area contributed by atoms with Crippen LogP contribution in [0.5, 0.6) is 5.88 Å². The molecule has 3 unspecified atom stereocenters. The van der Waals surface area contributed by atoms with Crippen LogP contribution in [0.25, 0.3) is 22.9 Å². The first-order valence-corrected chi connectivity index (χ1v) is 13.8. The molecule has 2 bridgehead atoms. The van der Waals surface area contributed by atoms with Crippen LogP contribution in [0.4, 0.5) is 0 Å². The molecule has 12 nitrogen and oxygen atoms in total. The average molecular weight is 567 g/mol. The average Bonchev–Trinajstić information content (AvgIpc) is 3.48. The third-order valence-corrected chi connectivity index (χ3v) is 7.33. The van der Waals surface area contributed by atoms with Gasteiger partial charge in [0.2, 0.25) is 5.88 Å². The van der Waals surface area contributed by atoms with Gasteiger partial charge in [-0.3, -0.25) is 14.3 Å². The molecular formula is C29H42N8O4. The molecule has 0 radical (unpaired) electrons. The molecule has 4 rings (SSSR count). The Morgan fingerprint density at radius 3 is 2.73 bits per heavy atom. The van der Waals surface area contributed by atoms with E-state index >= 15 is 0 Å². The Bertz CT molecular complexity index is 1470. The van der Waals surface area contributed by atoms with E-state index in [4.69, 9.17) is 35.0 Å². The van der Waals surface area contributed by atoms with Gasteiger partial charge in [-0.05, 0) is 53.8 Å². The van der Waals surface area contributed by atoms with E-state index in [1.807, 2.05) is 64.5 Å². The number of ether oxygens (including phenoxy) is 3. The van der Waals surface area contributed by atoms with Crippen LogP contribution < -0.4 is 10.5 Å². The number of likely N-dealkylation sites (N-methyl/N-ethyl adjacent to an activating group) is 1. The van der Waals surface area contributed by atoms with Gasteiger partial charge in [0.15, 0.2) is 5.88 Å². The van der Waals surface area contributed by atoms with Gasteiger partial charge in [-0.2, -0.15) is 5.10 Å². The number of rotatable bonds is 6. The highest BCUT2D eigenvalue weighted by atomic mass is 16.5. The summed E-state index contributed by atoms with van der Waals surface area (Å²) in [5, 5.41) is 14.5.